The number of piperazine rings is 1. The molecule has 3 aromatic rings. The molecule has 0 atom stereocenters. The van der Waals surface area contributed by atoms with Crippen LogP contribution in [0.2, 0.25) is 0 Å². The smallest absolute Gasteiger partial charge is 0.260 e. The van der Waals surface area contributed by atoms with Gasteiger partial charge in [0.15, 0.2) is 6.61 Å². The fourth-order valence-corrected chi connectivity index (χ4v) is 3.23. The van der Waals surface area contributed by atoms with Crippen LogP contribution in [-0.4, -0.2) is 65.2 Å². The van der Waals surface area contributed by atoms with Crippen molar-refractivity contribution in [2.75, 3.05) is 44.8 Å². The molecule has 0 spiro atoms. The maximum absolute atomic E-state index is 12.5. The molecule has 1 aliphatic heterocycles. The molecule has 0 unspecified atom stereocenters. The number of carbonyl (C=O) groups is 1. The Morgan fingerprint density at radius 3 is 2.31 bits per heavy atom. The van der Waals surface area contributed by atoms with Crippen LogP contribution < -0.4 is 14.4 Å². The van der Waals surface area contributed by atoms with E-state index in [9.17, 15) is 4.79 Å². The van der Waals surface area contributed by atoms with Crippen LogP contribution >= 0.6 is 0 Å². The number of rotatable bonds is 6. The lowest BCUT2D eigenvalue weighted by Gasteiger charge is -2.35. The Morgan fingerprint density at radius 1 is 0.966 bits per heavy atom. The van der Waals surface area contributed by atoms with Crippen LogP contribution in [0.3, 0.4) is 0 Å². The number of carbonyl (C=O) groups excluding carboxylic acids is 1. The molecule has 0 saturated carbocycles. The number of methoxy groups -OCH3 is 1. The van der Waals surface area contributed by atoms with E-state index in [1.807, 2.05) is 52.2 Å². The molecule has 8 nitrogen and oxygen atoms in total. The molecule has 29 heavy (non-hydrogen) atoms. The molecule has 1 fully saturated rings. The summed E-state index contributed by atoms with van der Waals surface area (Å²) in [7, 11) is 1.61. The number of hydrogen-bond acceptors (Lipinski definition) is 6. The third-order valence-corrected chi connectivity index (χ3v) is 4.89. The number of benzene rings is 1. The zero-order valence-corrected chi connectivity index (χ0v) is 16.3. The zero-order chi connectivity index (χ0) is 20.1. The maximum Gasteiger partial charge on any atom is 0.260 e. The minimum absolute atomic E-state index is 0.0174. The molecular formula is C21H23N5O3. The van der Waals surface area contributed by atoms with Crippen molar-refractivity contribution in [3.8, 4) is 17.3 Å². The number of anilines is 1. The van der Waals surface area contributed by atoms with Crippen LogP contribution in [0.4, 0.5) is 5.82 Å². The van der Waals surface area contributed by atoms with Gasteiger partial charge in [0.2, 0.25) is 0 Å². The summed E-state index contributed by atoms with van der Waals surface area (Å²) in [6, 6.07) is 13.1. The average Bonchev–Trinajstić information content (AvgIpc) is 3.33. The highest BCUT2D eigenvalue weighted by Crippen LogP contribution is 2.18. The van der Waals surface area contributed by atoms with Crippen molar-refractivity contribution in [3.63, 3.8) is 0 Å². The first-order chi connectivity index (χ1) is 14.2. The second kappa shape index (κ2) is 8.64. The van der Waals surface area contributed by atoms with Crippen molar-refractivity contribution in [1.82, 2.24) is 19.4 Å². The molecule has 3 heterocycles. The zero-order valence-electron chi connectivity index (χ0n) is 16.3. The molecule has 8 heteroatoms. The summed E-state index contributed by atoms with van der Waals surface area (Å²) >= 11 is 0. The van der Waals surface area contributed by atoms with Gasteiger partial charge in [0, 0.05) is 44.6 Å². The summed E-state index contributed by atoms with van der Waals surface area (Å²) in [5.74, 6) is 3.08. The topological polar surface area (TPSA) is 72.7 Å². The second-order valence-corrected chi connectivity index (χ2v) is 6.66. The highest BCUT2D eigenvalue weighted by atomic mass is 16.5. The third kappa shape index (κ3) is 4.48. The molecule has 0 radical (unpaired) electrons. The lowest BCUT2D eigenvalue weighted by molar-refractivity contribution is -0.133. The molecule has 1 aliphatic rings. The Kier molecular flexibility index (Phi) is 5.60. The number of amides is 1. The van der Waals surface area contributed by atoms with E-state index in [4.69, 9.17) is 9.47 Å². The van der Waals surface area contributed by atoms with Crippen LogP contribution in [0.15, 0.2) is 61.2 Å². The maximum atomic E-state index is 12.5. The molecule has 2 aromatic heterocycles. The predicted molar refractivity (Wildman–Crippen MR) is 109 cm³/mol. The molecule has 0 bridgehead atoms. The van der Waals surface area contributed by atoms with Gasteiger partial charge in [-0.05, 0) is 36.4 Å². The van der Waals surface area contributed by atoms with Gasteiger partial charge in [-0.15, -0.1) is 0 Å². The number of aromatic nitrogens is 3. The fraction of sp³-hybridized carbons (Fsp3) is 0.286. The van der Waals surface area contributed by atoms with Crippen molar-refractivity contribution in [3.05, 3.63) is 61.2 Å². The van der Waals surface area contributed by atoms with Gasteiger partial charge in [0.05, 0.1) is 7.11 Å². The summed E-state index contributed by atoms with van der Waals surface area (Å²) < 4.78 is 12.7. The lowest BCUT2D eigenvalue weighted by atomic mass is 10.3. The first kappa shape index (κ1) is 18.8. The van der Waals surface area contributed by atoms with Gasteiger partial charge in [0.1, 0.15) is 29.5 Å². The number of hydrogen-bond donors (Lipinski definition) is 0. The van der Waals surface area contributed by atoms with Crippen molar-refractivity contribution in [2.45, 2.75) is 0 Å². The van der Waals surface area contributed by atoms with E-state index >= 15 is 0 Å². The molecule has 1 amide bonds. The summed E-state index contributed by atoms with van der Waals surface area (Å²) in [6.07, 6.45) is 5.47. The van der Waals surface area contributed by atoms with Gasteiger partial charge in [-0.25, -0.2) is 9.97 Å². The minimum Gasteiger partial charge on any atom is -0.497 e. The highest BCUT2D eigenvalue weighted by molar-refractivity contribution is 5.78. The lowest BCUT2D eigenvalue weighted by Crippen LogP contribution is -2.50. The van der Waals surface area contributed by atoms with E-state index in [0.717, 1.165) is 30.5 Å². The summed E-state index contributed by atoms with van der Waals surface area (Å²) in [5, 5.41) is 0. The summed E-state index contributed by atoms with van der Waals surface area (Å²) in [5.41, 5.74) is 0. The van der Waals surface area contributed by atoms with Crippen LogP contribution in [0.5, 0.6) is 11.5 Å². The van der Waals surface area contributed by atoms with Gasteiger partial charge in [-0.1, -0.05) is 0 Å². The van der Waals surface area contributed by atoms with Crippen molar-refractivity contribution < 1.29 is 14.3 Å². The van der Waals surface area contributed by atoms with Crippen molar-refractivity contribution in [1.29, 1.82) is 0 Å². The van der Waals surface area contributed by atoms with Crippen LogP contribution in [-0.2, 0) is 4.79 Å². The highest BCUT2D eigenvalue weighted by Gasteiger charge is 2.22. The minimum atomic E-state index is -0.0174. The Balaban J connectivity index is 1.30. The molecule has 150 valence electrons. The molecule has 0 N–H and O–H groups in total. The Hall–Kier alpha value is -3.55. The second-order valence-electron chi connectivity index (χ2n) is 6.66. The van der Waals surface area contributed by atoms with E-state index in [-0.39, 0.29) is 12.5 Å². The quantitative estimate of drug-likeness (QED) is 0.638. The normalized spacial score (nSPS) is 14.0. The van der Waals surface area contributed by atoms with Gasteiger partial charge < -0.3 is 23.8 Å². The van der Waals surface area contributed by atoms with E-state index in [1.165, 1.54) is 0 Å². The number of ether oxygens (including phenoxy) is 2. The van der Waals surface area contributed by atoms with E-state index in [0.29, 0.717) is 18.8 Å². The molecule has 1 saturated heterocycles. The molecule has 1 aromatic carbocycles. The summed E-state index contributed by atoms with van der Waals surface area (Å²) in [4.78, 5) is 25.2. The van der Waals surface area contributed by atoms with Gasteiger partial charge in [-0.2, -0.15) is 0 Å². The van der Waals surface area contributed by atoms with Crippen molar-refractivity contribution >= 4 is 11.7 Å². The summed E-state index contributed by atoms with van der Waals surface area (Å²) in [6.45, 7) is 2.73. The van der Waals surface area contributed by atoms with E-state index in [2.05, 4.69) is 14.9 Å². The van der Waals surface area contributed by atoms with Gasteiger partial charge in [-0.3, -0.25) is 4.79 Å². The monoisotopic (exact) mass is 393 g/mol. The SMILES string of the molecule is COc1ccc(OCC(=O)N2CCN(c3cc(-n4cccc4)ncn3)CC2)cc1. The third-order valence-electron chi connectivity index (χ3n) is 4.89. The Morgan fingerprint density at radius 2 is 1.62 bits per heavy atom. The average molecular weight is 393 g/mol. The van der Waals surface area contributed by atoms with Crippen molar-refractivity contribution in [2.24, 2.45) is 0 Å². The van der Waals surface area contributed by atoms with E-state index in [1.54, 1.807) is 25.6 Å². The van der Waals surface area contributed by atoms with Crippen LogP contribution in [0, 0.1) is 0 Å². The molecule has 0 aliphatic carbocycles. The fourth-order valence-electron chi connectivity index (χ4n) is 3.23. The first-order valence-corrected chi connectivity index (χ1v) is 9.48. The van der Waals surface area contributed by atoms with Crippen LogP contribution in [0.25, 0.3) is 5.82 Å². The largest absolute Gasteiger partial charge is 0.497 e. The van der Waals surface area contributed by atoms with Gasteiger partial charge in [0.25, 0.3) is 5.91 Å². The van der Waals surface area contributed by atoms with Crippen LogP contribution in [0.1, 0.15) is 0 Å². The standard InChI is InChI=1S/C21H23N5O3/c1-28-17-4-6-18(7-5-17)29-15-21(27)26-12-10-25(11-13-26)20-14-19(22-16-23-20)24-8-2-3-9-24/h2-9,14,16H,10-13,15H2,1H3. The van der Waals surface area contributed by atoms with Gasteiger partial charge >= 0.3 is 0 Å². The Bertz CT molecular complexity index is 935. The predicted octanol–water partition coefficient (Wildman–Crippen LogP) is 2.00. The molecular weight excluding hydrogens is 370 g/mol. The van der Waals surface area contributed by atoms with E-state index < -0.39 is 0 Å². The number of nitrogens with zero attached hydrogens (tertiary/aromatic N) is 5. The first-order valence-electron chi connectivity index (χ1n) is 9.48. The Labute approximate surface area is 169 Å². The molecule has 4 rings (SSSR count).